The number of aromatic nitrogens is 2. The Hall–Kier alpha value is -3.48. The molecule has 0 amide bonds. The van der Waals surface area contributed by atoms with Crippen molar-refractivity contribution in [3.05, 3.63) is 66.5 Å². The second kappa shape index (κ2) is 9.45. The first-order valence-corrected chi connectivity index (χ1v) is 9.11. The molecular formula is C21H25N5O2. The van der Waals surface area contributed by atoms with Crippen LogP contribution in [0.5, 0.6) is 11.5 Å². The maximum absolute atomic E-state index is 5.56. The number of benzene rings is 2. The van der Waals surface area contributed by atoms with Gasteiger partial charge in [-0.1, -0.05) is 18.2 Å². The van der Waals surface area contributed by atoms with Crippen LogP contribution in [-0.4, -0.2) is 36.5 Å². The summed E-state index contributed by atoms with van der Waals surface area (Å²) in [7, 11) is 3.36. The quantitative estimate of drug-likeness (QED) is 0.486. The predicted octanol–water partition coefficient (Wildman–Crippen LogP) is 3.47. The van der Waals surface area contributed by atoms with E-state index in [1.807, 2.05) is 60.3 Å². The Bertz CT molecular complexity index is 922. The number of ether oxygens (including phenoxy) is 2. The zero-order chi connectivity index (χ0) is 19.8. The van der Waals surface area contributed by atoms with Crippen LogP contribution in [0.3, 0.4) is 0 Å². The van der Waals surface area contributed by atoms with E-state index in [0.29, 0.717) is 30.6 Å². The van der Waals surface area contributed by atoms with Crippen molar-refractivity contribution in [3.63, 3.8) is 0 Å². The van der Waals surface area contributed by atoms with Crippen LogP contribution in [0.25, 0.3) is 5.69 Å². The largest absolute Gasteiger partial charge is 0.493 e. The van der Waals surface area contributed by atoms with Gasteiger partial charge in [-0.15, -0.1) is 0 Å². The van der Waals surface area contributed by atoms with E-state index in [1.54, 1.807) is 20.4 Å². The van der Waals surface area contributed by atoms with E-state index in [-0.39, 0.29) is 0 Å². The number of rotatable bonds is 7. The summed E-state index contributed by atoms with van der Waals surface area (Å²) < 4.78 is 12.8. The van der Waals surface area contributed by atoms with E-state index in [0.717, 1.165) is 16.9 Å². The molecular weight excluding hydrogens is 354 g/mol. The van der Waals surface area contributed by atoms with Crippen molar-refractivity contribution >= 4 is 11.6 Å². The lowest BCUT2D eigenvalue weighted by atomic mass is 10.2. The molecule has 0 fully saturated rings. The topological polar surface area (TPSA) is 72.7 Å². The SMILES string of the molecule is CCOc1ccc(NC(=NC)NCc2ccccc2-n2cccn2)cc1OC. The third-order valence-corrected chi connectivity index (χ3v) is 4.14. The summed E-state index contributed by atoms with van der Waals surface area (Å²) >= 11 is 0. The highest BCUT2D eigenvalue weighted by Crippen LogP contribution is 2.30. The fourth-order valence-electron chi connectivity index (χ4n) is 2.81. The number of anilines is 1. The van der Waals surface area contributed by atoms with Gasteiger partial charge in [-0.25, -0.2) is 4.68 Å². The monoisotopic (exact) mass is 379 g/mol. The highest BCUT2D eigenvalue weighted by molar-refractivity contribution is 5.93. The molecule has 0 radical (unpaired) electrons. The van der Waals surface area contributed by atoms with Crippen LogP contribution in [0.2, 0.25) is 0 Å². The smallest absolute Gasteiger partial charge is 0.195 e. The van der Waals surface area contributed by atoms with Crippen LogP contribution < -0.4 is 20.1 Å². The maximum Gasteiger partial charge on any atom is 0.195 e. The Labute approximate surface area is 165 Å². The highest BCUT2D eigenvalue weighted by Gasteiger charge is 2.08. The molecule has 1 heterocycles. The molecule has 0 spiro atoms. The molecule has 0 unspecified atom stereocenters. The number of aliphatic imine (C=N–C) groups is 1. The summed E-state index contributed by atoms with van der Waals surface area (Å²) in [5.41, 5.74) is 2.99. The summed E-state index contributed by atoms with van der Waals surface area (Å²) in [6.45, 7) is 3.13. The fraction of sp³-hybridized carbons (Fsp3) is 0.238. The molecule has 2 N–H and O–H groups in total. The first kappa shape index (κ1) is 19.3. The van der Waals surface area contributed by atoms with E-state index in [4.69, 9.17) is 9.47 Å². The van der Waals surface area contributed by atoms with Gasteiger partial charge in [0, 0.05) is 37.7 Å². The molecule has 7 nitrogen and oxygen atoms in total. The van der Waals surface area contributed by atoms with Crippen molar-refractivity contribution in [2.24, 2.45) is 4.99 Å². The van der Waals surface area contributed by atoms with Crippen LogP contribution in [0.4, 0.5) is 5.69 Å². The Balaban J connectivity index is 1.70. The van der Waals surface area contributed by atoms with Gasteiger partial charge in [0.1, 0.15) is 0 Å². The Morgan fingerprint density at radius 3 is 2.71 bits per heavy atom. The number of guanidine groups is 1. The standard InChI is InChI=1S/C21H25N5O2/c1-4-28-19-11-10-17(14-20(19)27-3)25-21(22-2)23-15-16-8-5-6-9-18(16)26-13-7-12-24-26/h5-14H,4,15H2,1-3H3,(H2,22,23,25). The summed E-state index contributed by atoms with van der Waals surface area (Å²) in [5.74, 6) is 2.04. The third-order valence-electron chi connectivity index (χ3n) is 4.14. The van der Waals surface area contributed by atoms with E-state index in [9.17, 15) is 0 Å². The summed E-state index contributed by atoms with van der Waals surface area (Å²) in [5, 5.41) is 10.9. The van der Waals surface area contributed by atoms with Gasteiger partial charge in [0.15, 0.2) is 17.5 Å². The van der Waals surface area contributed by atoms with Gasteiger partial charge in [0.2, 0.25) is 0 Å². The lowest BCUT2D eigenvalue weighted by Crippen LogP contribution is -2.30. The van der Waals surface area contributed by atoms with Gasteiger partial charge in [0.25, 0.3) is 0 Å². The Morgan fingerprint density at radius 2 is 2.00 bits per heavy atom. The van der Waals surface area contributed by atoms with Crippen molar-refractivity contribution in [2.45, 2.75) is 13.5 Å². The first-order valence-electron chi connectivity index (χ1n) is 9.11. The predicted molar refractivity (Wildman–Crippen MR) is 112 cm³/mol. The van der Waals surface area contributed by atoms with E-state index >= 15 is 0 Å². The molecule has 0 saturated heterocycles. The molecule has 0 aliphatic carbocycles. The number of hydrogen-bond acceptors (Lipinski definition) is 4. The Kier molecular flexibility index (Phi) is 6.51. The van der Waals surface area contributed by atoms with Crippen molar-refractivity contribution in [1.82, 2.24) is 15.1 Å². The summed E-state index contributed by atoms with van der Waals surface area (Å²) in [6.07, 6.45) is 3.70. The zero-order valence-electron chi connectivity index (χ0n) is 16.3. The molecule has 7 heteroatoms. The highest BCUT2D eigenvalue weighted by atomic mass is 16.5. The van der Waals surface area contributed by atoms with Gasteiger partial charge in [-0.05, 0) is 36.8 Å². The van der Waals surface area contributed by atoms with Gasteiger partial charge >= 0.3 is 0 Å². The van der Waals surface area contributed by atoms with Gasteiger partial charge in [-0.3, -0.25) is 4.99 Å². The second-order valence-electron chi connectivity index (χ2n) is 5.93. The summed E-state index contributed by atoms with van der Waals surface area (Å²) in [6, 6.07) is 15.7. The van der Waals surface area contributed by atoms with Gasteiger partial charge in [-0.2, -0.15) is 5.10 Å². The molecule has 3 rings (SSSR count). The van der Waals surface area contributed by atoms with Gasteiger partial charge < -0.3 is 20.1 Å². The number of para-hydroxylation sites is 1. The molecule has 0 saturated carbocycles. The normalized spacial score (nSPS) is 11.2. The van der Waals surface area contributed by atoms with Crippen LogP contribution >= 0.6 is 0 Å². The molecule has 0 atom stereocenters. The average molecular weight is 379 g/mol. The number of nitrogens with zero attached hydrogens (tertiary/aromatic N) is 3. The van der Waals surface area contributed by atoms with Crippen molar-refractivity contribution < 1.29 is 9.47 Å². The summed E-state index contributed by atoms with van der Waals surface area (Å²) in [4.78, 5) is 4.30. The second-order valence-corrected chi connectivity index (χ2v) is 5.93. The molecule has 2 aromatic carbocycles. The molecule has 28 heavy (non-hydrogen) atoms. The van der Waals surface area contributed by atoms with E-state index < -0.39 is 0 Å². The lowest BCUT2D eigenvalue weighted by Gasteiger charge is -2.16. The van der Waals surface area contributed by atoms with Gasteiger partial charge in [0.05, 0.1) is 19.4 Å². The number of methoxy groups -OCH3 is 1. The van der Waals surface area contributed by atoms with Crippen LogP contribution in [0.15, 0.2) is 65.9 Å². The molecule has 0 aliphatic rings. The molecule has 0 aliphatic heterocycles. The van der Waals surface area contributed by atoms with Crippen molar-refractivity contribution in [2.75, 3.05) is 26.1 Å². The molecule has 0 bridgehead atoms. The minimum Gasteiger partial charge on any atom is -0.493 e. The third kappa shape index (κ3) is 4.62. The first-order chi connectivity index (χ1) is 13.7. The maximum atomic E-state index is 5.56. The van der Waals surface area contributed by atoms with Crippen molar-refractivity contribution in [3.8, 4) is 17.2 Å². The van der Waals surface area contributed by atoms with Crippen LogP contribution in [0, 0.1) is 0 Å². The minimum atomic E-state index is 0.585. The van der Waals surface area contributed by atoms with E-state index in [1.165, 1.54) is 0 Å². The zero-order valence-corrected chi connectivity index (χ0v) is 16.3. The minimum absolute atomic E-state index is 0.585. The van der Waals surface area contributed by atoms with Crippen LogP contribution in [0.1, 0.15) is 12.5 Å². The average Bonchev–Trinajstić information content (AvgIpc) is 3.27. The molecule has 146 valence electrons. The number of hydrogen-bond donors (Lipinski definition) is 2. The lowest BCUT2D eigenvalue weighted by molar-refractivity contribution is 0.311. The fourth-order valence-corrected chi connectivity index (χ4v) is 2.81. The van der Waals surface area contributed by atoms with Crippen molar-refractivity contribution in [1.29, 1.82) is 0 Å². The number of nitrogens with one attached hydrogen (secondary N) is 2. The Morgan fingerprint density at radius 1 is 1.14 bits per heavy atom. The van der Waals surface area contributed by atoms with Crippen LogP contribution in [-0.2, 0) is 6.54 Å². The molecule has 1 aromatic heterocycles. The van der Waals surface area contributed by atoms with E-state index in [2.05, 4.69) is 26.8 Å². The molecule has 3 aromatic rings.